The van der Waals surface area contributed by atoms with E-state index in [9.17, 15) is 14.0 Å². The topological polar surface area (TPSA) is 43.4 Å². The highest BCUT2D eigenvalue weighted by Crippen LogP contribution is 2.23. The number of benzene rings is 1. The number of rotatable bonds is 4. The highest BCUT2D eigenvalue weighted by Gasteiger charge is 2.13. The molecule has 0 spiro atoms. The summed E-state index contributed by atoms with van der Waals surface area (Å²) in [6.45, 7) is 3.26. The van der Waals surface area contributed by atoms with Crippen molar-refractivity contribution in [2.75, 3.05) is 6.61 Å². The lowest BCUT2D eigenvalue weighted by molar-refractivity contribution is 0.101. The van der Waals surface area contributed by atoms with Gasteiger partial charge in [0.15, 0.2) is 23.6 Å². The van der Waals surface area contributed by atoms with Crippen LogP contribution in [0, 0.1) is 5.82 Å². The smallest absolute Gasteiger partial charge is 0.166 e. The molecule has 0 aliphatic rings. The molecule has 0 fully saturated rings. The molecule has 0 heterocycles. The Balaban J connectivity index is 3.30. The number of carbonyl (C=O) groups excluding carboxylic acids is 2. The fourth-order valence-electron chi connectivity index (χ4n) is 1.20. The molecule has 1 aromatic rings. The number of halogens is 1. The summed E-state index contributed by atoms with van der Waals surface area (Å²) in [5, 5.41) is 0. The largest absolute Gasteiger partial charge is 0.490 e. The molecule has 0 aliphatic heterocycles. The van der Waals surface area contributed by atoms with Crippen molar-refractivity contribution >= 4 is 12.1 Å². The second-order valence-corrected chi connectivity index (χ2v) is 2.98. The summed E-state index contributed by atoms with van der Waals surface area (Å²) in [5.74, 6) is -1.08. The lowest BCUT2D eigenvalue weighted by atomic mass is 10.1. The quantitative estimate of drug-likeness (QED) is 0.565. The molecule has 15 heavy (non-hydrogen) atoms. The summed E-state index contributed by atoms with van der Waals surface area (Å²) in [6, 6.07) is 2.39. The van der Waals surface area contributed by atoms with Gasteiger partial charge < -0.3 is 4.74 Å². The van der Waals surface area contributed by atoms with E-state index in [0.717, 1.165) is 6.07 Å². The summed E-state index contributed by atoms with van der Waals surface area (Å²) >= 11 is 0. The van der Waals surface area contributed by atoms with Gasteiger partial charge in [-0.05, 0) is 26.0 Å². The van der Waals surface area contributed by atoms with E-state index < -0.39 is 5.82 Å². The van der Waals surface area contributed by atoms with Gasteiger partial charge in [-0.15, -0.1) is 0 Å². The molecule has 4 heteroatoms. The van der Waals surface area contributed by atoms with Crippen LogP contribution in [0.15, 0.2) is 12.1 Å². The number of ether oxygens (including phenoxy) is 1. The normalized spacial score (nSPS) is 9.80. The third-order valence-electron chi connectivity index (χ3n) is 1.89. The second-order valence-electron chi connectivity index (χ2n) is 2.98. The molecule has 0 saturated carbocycles. The molecule has 0 aromatic heterocycles. The van der Waals surface area contributed by atoms with Gasteiger partial charge in [0.05, 0.1) is 12.2 Å². The summed E-state index contributed by atoms with van der Waals surface area (Å²) in [5.41, 5.74) is 0.222. The van der Waals surface area contributed by atoms with E-state index in [-0.39, 0.29) is 29.3 Å². The van der Waals surface area contributed by atoms with Crippen LogP contribution in [0.3, 0.4) is 0 Å². The van der Waals surface area contributed by atoms with Crippen LogP contribution in [-0.2, 0) is 0 Å². The number of Topliss-reactive ketones (excluding diaryl/α,β-unsaturated/α-hetero) is 1. The maximum absolute atomic E-state index is 13.4. The molecule has 0 amide bonds. The van der Waals surface area contributed by atoms with Gasteiger partial charge in [-0.3, -0.25) is 9.59 Å². The van der Waals surface area contributed by atoms with Crippen LogP contribution >= 0.6 is 0 Å². The zero-order chi connectivity index (χ0) is 11.4. The SMILES string of the molecule is CCOc1c(F)cc(C(C)=O)cc1C=O. The van der Waals surface area contributed by atoms with Gasteiger partial charge in [0.2, 0.25) is 0 Å². The van der Waals surface area contributed by atoms with E-state index in [2.05, 4.69) is 0 Å². The minimum absolute atomic E-state index is 0.0575. The molecule has 0 saturated heterocycles. The summed E-state index contributed by atoms with van der Waals surface area (Å²) in [4.78, 5) is 21.7. The number of ketones is 1. The molecule has 0 N–H and O–H groups in total. The van der Waals surface area contributed by atoms with Crippen LogP contribution in [0.4, 0.5) is 4.39 Å². The fourth-order valence-corrected chi connectivity index (χ4v) is 1.20. The van der Waals surface area contributed by atoms with Gasteiger partial charge >= 0.3 is 0 Å². The Morgan fingerprint density at radius 1 is 1.53 bits per heavy atom. The Kier molecular flexibility index (Phi) is 3.55. The Bertz CT molecular complexity index is 399. The van der Waals surface area contributed by atoms with Crippen LogP contribution in [0.25, 0.3) is 0 Å². The lowest BCUT2D eigenvalue weighted by Gasteiger charge is -2.08. The predicted molar refractivity (Wildman–Crippen MR) is 53.0 cm³/mol. The maximum Gasteiger partial charge on any atom is 0.166 e. The predicted octanol–water partition coefficient (Wildman–Crippen LogP) is 2.24. The van der Waals surface area contributed by atoms with Crippen molar-refractivity contribution in [3.63, 3.8) is 0 Å². The average Bonchev–Trinajstić information content (AvgIpc) is 2.20. The fraction of sp³-hybridized carbons (Fsp3) is 0.273. The molecule has 1 rings (SSSR count). The highest BCUT2D eigenvalue weighted by molar-refractivity contribution is 5.96. The minimum atomic E-state index is -0.688. The van der Waals surface area contributed by atoms with Crippen molar-refractivity contribution in [3.8, 4) is 5.75 Å². The van der Waals surface area contributed by atoms with E-state index in [0.29, 0.717) is 6.29 Å². The van der Waals surface area contributed by atoms with Crippen LogP contribution in [-0.4, -0.2) is 18.7 Å². The molecule has 0 radical (unpaired) electrons. The first-order valence-corrected chi connectivity index (χ1v) is 4.52. The molecule has 80 valence electrons. The van der Waals surface area contributed by atoms with Crippen molar-refractivity contribution in [2.24, 2.45) is 0 Å². The van der Waals surface area contributed by atoms with E-state index in [1.165, 1.54) is 13.0 Å². The van der Waals surface area contributed by atoms with Crippen molar-refractivity contribution in [3.05, 3.63) is 29.1 Å². The Morgan fingerprint density at radius 2 is 2.20 bits per heavy atom. The average molecular weight is 210 g/mol. The third-order valence-corrected chi connectivity index (χ3v) is 1.89. The van der Waals surface area contributed by atoms with E-state index in [1.54, 1.807) is 6.92 Å². The Morgan fingerprint density at radius 3 is 2.67 bits per heavy atom. The Hall–Kier alpha value is -1.71. The van der Waals surface area contributed by atoms with Crippen LogP contribution in [0.2, 0.25) is 0 Å². The molecule has 0 unspecified atom stereocenters. The zero-order valence-electron chi connectivity index (χ0n) is 8.54. The minimum Gasteiger partial charge on any atom is -0.490 e. The summed E-state index contributed by atoms with van der Waals surface area (Å²) < 4.78 is 18.4. The van der Waals surface area contributed by atoms with Crippen LogP contribution in [0.1, 0.15) is 34.6 Å². The van der Waals surface area contributed by atoms with Crippen molar-refractivity contribution in [2.45, 2.75) is 13.8 Å². The van der Waals surface area contributed by atoms with Gasteiger partial charge in [0.25, 0.3) is 0 Å². The number of hydrogen-bond donors (Lipinski definition) is 0. The van der Waals surface area contributed by atoms with Crippen molar-refractivity contribution in [1.82, 2.24) is 0 Å². The number of aldehydes is 1. The van der Waals surface area contributed by atoms with Gasteiger partial charge in [-0.2, -0.15) is 0 Å². The van der Waals surface area contributed by atoms with E-state index >= 15 is 0 Å². The second kappa shape index (κ2) is 4.68. The van der Waals surface area contributed by atoms with Gasteiger partial charge in [-0.25, -0.2) is 4.39 Å². The van der Waals surface area contributed by atoms with Crippen LogP contribution < -0.4 is 4.74 Å². The number of hydrogen-bond acceptors (Lipinski definition) is 3. The van der Waals surface area contributed by atoms with Gasteiger partial charge in [0.1, 0.15) is 0 Å². The molecule has 3 nitrogen and oxygen atoms in total. The van der Waals surface area contributed by atoms with E-state index in [4.69, 9.17) is 4.74 Å². The lowest BCUT2D eigenvalue weighted by Crippen LogP contribution is -2.02. The molecular formula is C11H11FO3. The van der Waals surface area contributed by atoms with Gasteiger partial charge in [0, 0.05) is 5.56 Å². The highest BCUT2D eigenvalue weighted by atomic mass is 19.1. The summed E-state index contributed by atoms with van der Waals surface area (Å²) in [6.07, 6.45) is 0.473. The van der Waals surface area contributed by atoms with Crippen molar-refractivity contribution < 1.29 is 18.7 Å². The molecular weight excluding hydrogens is 199 g/mol. The van der Waals surface area contributed by atoms with Crippen LogP contribution in [0.5, 0.6) is 5.75 Å². The summed E-state index contributed by atoms with van der Waals surface area (Å²) in [7, 11) is 0. The van der Waals surface area contributed by atoms with Gasteiger partial charge in [-0.1, -0.05) is 0 Å². The molecule has 1 aromatic carbocycles. The molecule has 0 aliphatic carbocycles. The first kappa shape index (κ1) is 11.4. The van der Waals surface area contributed by atoms with Crippen molar-refractivity contribution in [1.29, 1.82) is 0 Å². The first-order chi connectivity index (χ1) is 7.10. The first-order valence-electron chi connectivity index (χ1n) is 4.52. The standard InChI is InChI=1S/C11H11FO3/c1-3-15-11-9(6-13)4-8(7(2)14)5-10(11)12/h4-6H,3H2,1-2H3. The zero-order valence-corrected chi connectivity index (χ0v) is 8.54. The monoisotopic (exact) mass is 210 g/mol. The molecule has 0 bridgehead atoms. The number of carbonyl (C=O) groups is 2. The Labute approximate surface area is 86.9 Å². The maximum atomic E-state index is 13.4. The van der Waals surface area contributed by atoms with E-state index in [1.807, 2.05) is 0 Å². The third kappa shape index (κ3) is 2.40. The molecule has 0 atom stereocenters.